The van der Waals surface area contributed by atoms with Crippen molar-refractivity contribution < 1.29 is 4.79 Å². The van der Waals surface area contributed by atoms with Crippen molar-refractivity contribution in [1.29, 1.82) is 0 Å². The SMILES string of the molecule is CC(C)CC(=O)Nc1ccc(Br)c(=O)[nH]1. The average Bonchev–Trinajstić information content (AvgIpc) is 2.10. The van der Waals surface area contributed by atoms with Gasteiger partial charge in [-0.2, -0.15) is 0 Å². The summed E-state index contributed by atoms with van der Waals surface area (Å²) < 4.78 is 0.448. The van der Waals surface area contributed by atoms with E-state index in [2.05, 4.69) is 26.2 Å². The molecule has 0 aliphatic heterocycles. The van der Waals surface area contributed by atoms with E-state index in [4.69, 9.17) is 0 Å². The van der Waals surface area contributed by atoms with Crippen LogP contribution in [0.3, 0.4) is 0 Å². The number of hydrogen-bond acceptors (Lipinski definition) is 2. The number of nitrogens with one attached hydrogen (secondary N) is 2. The molecule has 0 spiro atoms. The van der Waals surface area contributed by atoms with Gasteiger partial charge in [-0.25, -0.2) is 0 Å². The molecular formula is C10H13BrN2O2. The van der Waals surface area contributed by atoms with Gasteiger partial charge >= 0.3 is 0 Å². The number of aromatic nitrogens is 1. The summed E-state index contributed by atoms with van der Waals surface area (Å²) in [6.07, 6.45) is 0.443. The van der Waals surface area contributed by atoms with Gasteiger partial charge in [0.05, 0.1) is 4.47 Å². The molecule has 0 aliphatic rings. The third-order valence-corrected chi connectivity index (χ3v) is 2.35. The molecule has 0 atom stereocenters. The lowest BCUT2D eigenvalue weighted by molar-refractivity contribution is -0.116. The van der Waals surface area contributed by atoms with E-state index >= 15 is 0 Å². The number of halogens is 1. The standard InChI is InChI=1S/C10H13BrN2O2/c1-6(2)5-9(14)12-8-4-3-7(11)10(15)13-8/h3-4,6H,5H2,1-2H3,(H2,12,13,14,15). The Balaban J connectivity index is 2.69. The van der Waals surface area contributed by atoms with Crippen LogP contribution in [0.4, 0.5) is 5.82 Å². The number of pyridine rings is 1. The lowest BCUT2D eigenvalue weighted by Crippen LogP contribution is -2.17. The molecule has 0 fully saturated rings. The van der Waals surface area contributed by atoms with Crippen LogP contribution in [0, 0.1) is 5.92 Å². The van der Waals surface area contributed by atoms with Gasteiger partial charge in [-0.15, -0.1) is 0 Å². The van der Waals surface area contributed by atoms with Gasteiger partial charge in [0.2, 0.25) is 5.91 Å². The van der Waals surface area contributed by atoms with Crippen molar-refractivity contribution in [1.82, 2.24) is 4.98 Å². The van der Waals surface area contributed by atoms with E-state index in [1.165, 1.54) is 0 Å². The highest BCUT2D eigenvalue weighted by Crippen LogP contribution is 2.07. The number of rotatable bonds is 3. The first-order chi connectivity index (χ1) is 6.99. The molecule has 0 unspecified atom stereocenters. The highest BCUT2D eigenvalue weighted by molar-refractivity contribution is 9.10. The summed E-state index contributed by atoms with van der Waals surface area (Å²) in [5, 5.41) is 2.63. The van der Waals surface area contributed by atoms with Crippen LogP contribution in [0.2, 0.25) is 0 Å². The summed E-state index contributed by atoms with van der Waals surface area (Å²) in [6, 6.07) is 3.24. The summed E-state index contributed by atoms with van der Waals surface area (Å²) in [6.45, 7) is 3.92. The minimum atomic E-state index is -0.252. The van der Waals surface area contributed by atoms with Crippen LogP contribution in [0.1, 0.15) is 20.3 Å². The first-order valence-electron chi connectivity index (χ1n) is 4.67. The molecular weight excluding hydrogens is 260 g/mol. The number of hydrogen-bond donors (Lipinski definition) is 2. The zero-order chi connectivity index (χ0) is 11.4. The molecule has 1 aromatic heterocycles. The second kappa shape index (κ2) is 5.11. The Bertz CT molecular complexity index is 412. The smallest absolute Gasteiger partial charge is 0.263 e. The molecule has 5 heteroatoms. The number of H-pyrrole nitrogens is 1. The predicted octanol–water partition coefficient (Wildman–Crippen LogP) is 2.12. The molecule has 0 radical (unpaired) electrons. The Labute approximate surface area is 96.2 Å². The zero-order valence-electron chi connectivity index (χ0n) is 8.63. The van der Waals surface area contributed by atoms with Gasteiger partial charge in [-0.3, -0.25) is 9.59 Å². The Hall–Kier alpha value is -1.10. The number of carbonyl (C=O) groups is 1. The summed E-state index contributed by atoms with van der Waals surface area (Å²) in [4.78, 5) is 25.1. The van der Waals surface area contributed by atoms with Crippen molar-refractivity contribution in [3.8, 4) is 0 Å². The van der Waals surface area contributed by atoms with Crippen molar-refractivity contribution in [2.24, 2.45) is 5.92 Å². The van der Waals surface area contributed by atoms with Crippen LogP contribution >= 0.6 is 15.9 Å². The van der Waals surface area contributed by atoms with Gasteiger partial charge in [0, 0.05) is 6.42 Å². The number of carbonyl (C=O) groups excluding carboxylic acids is 1. The summed E-state index contributed by atoms with van der Waals surface area (Å²) >= 11 is 3.08. The molecule has 0 saturated heterocycles. The molecule has 2 N–H and O–H groups in total. The molecule has 0 aromatic carbocycles. The second-order valence-electron chi connectivity index (χ2n) is 3.70. The van der Waals surface area contributed by atoms with Crippen LogP contribution in [0.25, 0.3) is 0 Å². The number of amides is 1. The van der Waals surface area contributed by atoms with Crippen LogP contribution < -0.4 is 10.9 Å². The quantitative estimate of drug-likeness (QED) is 0.886. The molecule has 1 amide bonds. The molecule has 0 aliphatic carbocycles. The Morgan fingerprint density at radius 1 is 1.53 bits per heavy atom. The fourth-order valence-corrected chi connectivity index (χ4v) is 1.33. The maximum absolute atomic E-state index is 11.4. The maximum atomic E-state index is 11.4. The van der Waals surface area contributed by atoms with E-state index in [0.717, 1.165) is 0 Å². The monoisotopic (exact) mass is 272 g/mol. The molecule has 15 heavy (non-hydrogen) atoms. The van der Waals surface area contributed by atoms with Crippen LogP contribution in [-0.4, -0.2) is 10.9 Å². The maximum Gasteiger partial charge on any atom is 0.263 e. The van der Waals surface area contributed by atoms with Crippen LogP contribution in [0.15, 0.2) is 21.4 Å². The zero-order valence-corrected chi connectivity index (χ0v) is 10.2. The van der Waals surface area contributed by atoms with Crippen molar-refractivity contribution in [3.05, 3.63) is 27.0 Å². The molecule has 0 saturated carbocycles. The molecule has 1 rings (SSSR count). The minimum Gasteiger partial charge on any atom is -0.312 e. The van der Waals surface area contributed by atoms with Crippen LogP contribution in [0.5, 0.6) is 0 Å². The first kappa shape index (κ1) is 12.0. The third kappa shape index (κ3) is 3.87. The van der Waals surface area contributed by atoms with Gasteiger partial charge in [0.15, 0.2) is 0 Å². The van der Waals surface area contributed by atoms with Gasteiger partial charge in [-0.1, -0.05) is 13.8 Å². The van der Waals surface area contributed by atoms with E-state index < -0.39 is 0 Å². The average molecular weight is 273 g/mol. The molecule has 82 valence electrons. The largest absolute Gasteiger partial charge is 0.312 e. The van der Waals surface area contributed by atoms with Gasteiger partial charge in [0.1, 0.15) is 5.82 Å². The number of aromatic amines is 1. The summed E-state index contributed by atoms with van der Waals surface area (Å²) in [7, 11) is 0. The normalized spacial score (nSPS) is 10.4. The first-order valence-corrected chi connectivity index (χ1v) is 5.47. The third-order valence-electron chi connectivity index (χ3n) is 1.73. The topological polar surface area (TPSA) is 62.0 Å². The fourth-order valence-electron chi connectivity index (χ4n) is 1.10. The molecule has 1 heterocycles. The highest BCUT2D eigenvalue weighted by Gasteiger charge is 2.05. The Morgan fingerprint density at radius 2 is 2.20 bits per heavy atom. The van der Waals surface area contributed by atoms with Gasteiger partial charge in [0.25, 0.3) is 5.56 Å². The van der Waals surface area contributed by atoms with E-state index in [1.807, 2.05) is 13.8 Å². The molecule has 4 nitrogen and oxygen atoms in total. The van der Waals surface area contributed by atoms with Gasteiger partial charge in [-0.05, 0) is 34.0 Å². The summed E-state index contributed by atoms with van der Waals surface area (Å²) in [5.74, 6) is 0.629. The minimum absolute atomic E-state index is 0.0945. The van der Waals surface area contributed by atoms with Crippen molar-refractivity contribution in [2.75, 3.05) is 5.32 Å². The van der Waals surface area contributed by atoms with Crippen molar-refractivity contribution >= 4 is 27.7 Å². The molecule has 1 aromatic rings. The summed E-state index contributed by atoms with van der Waals surface area (Å²) in [5.41, 5.74) is -0.252. The lowest BCUT2D eigenvalue weighted by Gasteiger charge is -2.06. The van der Waals surface area contributed by atoms with E-state index in [-0.39, 0.29) is 11.5 Å². The second-order valence-corrected chi connectivity index (χ2v) is 4.55. The van der Waals surface area contributed by atoms with Gasteiger partial charge < -0.3 is 10.3 Å². The fraction of sp³-hybridized carbons (Fsp3) is 0.400. The Kier molecular flexibility index (Phi) is 4.08. The lowest BCUT2D eigenvalue weighted by atomic mass is 10.1. The van der Waals surface area contributed by atoms with Crippen molar-refractivity contribution in [2.45, 2.75) is 20.3 Å². The Morgan fingerprint density at radius 3 is 2.73 bits per heavy atom. The van der Waals surface area contributed by atoms with E-state index in [9.17, 15) is 9.59 Å². The highest BCUT2D eigenvalue weighted by atomic mass is 79.9. The van der Waals surface area contributed by atoms with E-state index in [1.54, 1.807) is 12.1 Å². The van der Waals surface area contributed by atoms with Crippen molar-refractivity contribution in [3.63, 3.8) is 0 Å². The van der Waals surface area contributed by atoms with Crippen LogP contribution in [-0.2, 0) is 4.79 Å². The molecule has 0 bridgehead atoms. The number of anilines is 1. The predicted molar refractivity (Wildman–Crippen MR) is 62.8 cm³/mol. The van der Waals surface area contributed by atoms with E-state index in [0.29, 0.717) is 22.6 Å².